The first-order chi connectivity index (χ1) is 9.58. The Labute approximate surface area is 114 Å². The standard InChI is InChI=1S/C14H12FNO4/c1-9-10(6-7-19-9)14(18)20-8-13(17)16-12-5-3-2-4-11(12)15/h2-7H,8H2,1H3,(H,16,17). The maximum absolute atomic E-state index is 13.3. The number of esters is 1. The van der Waals surface area contributed by atoms with E-state index in [0.29, 0.717) is 5.76 Å². The van der Waals surface area contributed by atoms with Gasteiger partial charge >= 0.3 is 5.97 Å². The number of amides is 1. The molecule has 1 N–H and O–H groups in total. The molecule has 0 atom stereocenters. The highest BCUT2D eigenvalue weighted by Crippen LogP contribution is 2.13. The molecule has 0 saturated heterocycles. The molecule has 2 aromatic rings. The lowest BCUT2D eigenvalue weighted by molar-refractivity contribution is -0.119. The van der Waals surface area contributed by atoms with Crippen LogP contribution >= 0.6 is 0 Å². The van der Waals surface area contributed by atoms with Crippen LogP contribution in [0.5, 0.6) is 0 Å². The number of furan rings is 1. The first kappa shape index (κ1) is 13.8. The number of hydrogen-bond acceptors (Lipinski definition) is 4. The number of para-hydroxylation sites is 1. The number of halogens is 1. The Morgan fingerprint density at radius 2 is 2.05 bits per heavy atom. The van der Waals surface area contributed by atoms with Crippen LogP contribution in [0, 0.1) is 12.7 Å². The van der Waals surface area contributed by atoms with E-state index in [2.05, 4.69) is 5.32 Å². The van der Waals surface area contributed by atoms with Crippen LogP contribution in [0.15, 0.2) is 41.0 Å². The summed E-state index contributed by atoms with van der Waals surface area (Å²) in [7, 11) is 0. The van der Waals surface area contributed by atoms with E-state index in [1.54, 1.807) is 13.0 Å². The number of ether oxygens (including phenoxy) is 1. The molecule has 2 rings (SSSR count). The molecule has 0 aliphatic rings. The first-order valence-corrected chi connectivity index (χ1v) is 5.83. The summed E-state index contributed by atoms with van der Waals surface area (Å²) in [5.41, 5.74) is 0.289. The summed E-state index contributed by atoms with van der Waals surface area (Å²) in [6.07, 6.45) is 1.35. The largest absolute Gasteiger partial charge is 0.469 e. The van der Waals surface area contributed by atoms with Gasteiger partial charge in [0.15, 0.2) is 6.61 Å². The number of aryl methyl sites for hydroxylation is 1. The summed E-state index contributed by atoms with van der Waals surface area (Å²) >= 11 is 0. The molecule has 6 heteroatoms. The van der Waals surface area contributed by atoms with Crippen LogP contribution in [0.4, 0.5) is 10.1 Å². The Morgan fingerprint density at radius 1 is 1.30 bits per heavy atom. The minimum atomic E-state index is -0.667. The van der Waals surface area contributed by atoms with E-state index in [4.69, 9.17) is 9.15 Å². The van der Waals surface area contributed by atoms with Crippen LogP contribution in [-0.4, -0.2) is 18.5 Å². The average Bonchev–Trinajstić information content (AvgIpc) is 2.85. The van der Waals surface area contributed by atoms with E-state index < -0.39 is 24.3 Å². The fraction of sp³-hybridized carbons (Fsp3) is 0.143. The third-order valence-corrected chi connectivity index (χ3v) is 2.56. The van der Waals surface area contributed by atoms with Crippen molar-refractivity contribution >= 4 is 17.6 Å². The van der Waals surface area contributed by atoms with Gasteiger partial charge in [0.25, 0.3) is 5.91 Å². The SMILES string of the molecule is Cc1occc1C(=O)OCC(=O)Nc1ccccc1F. The lowest BCUT2D eigenvalue weighted by atomic mass is 10.3. The minimum Gasteiger partial charge on any atom is -0.469 e. The Balaban J connectivity index is 1.89. The molecule has 104 valence electrons. The third-order valence-electron chi connectivity index (χ3n) is 2.56. The van der Waals surface area contributed by atoms with Gasteiger partial charge in [-0.15, -0.1) is 0 Å². The van der Waals surface area contributed by atoms with Crippen molar-refractivity contribution in [3.8, 4) is 0 Å². The number of hydrogen-bond donors (Lipinski definition) is 1. The minimum absolute atomic E-state index is 0.0352. The molecule has 5 nitrogen and oxygen atoms in total. The number of nitrogens with one attached hydrogen (secondary N) is 1. The lowest BCUT2D eigenvalue weighted by Gasteiger charge is -2.06. The summed E-state index contributed by atoms with van der Waals surface area (Å²) in [5, 5.41) is 2.31. The Morgan fingerprint density at radius 3 is 2.70 bits per heavy atom. The van der Waals surface area contributed by atoms with Gasteiger partial charge < -0.3 is 14.5 Å². The molecule has 1 aromatic carbocycles. The van der Waals surface area contributed by atoms with Gasteiger partial charge in [0.2, 0.25) is 0 Å². The zero-order valence-corrected chi connectivity index (χ0v) is 10.7. The summed E-state index contributed by atoms with van der Waals surface area (Å²) in [4.78, 5) is 23.2. The third kappa shape index (κ3) is 3.23. The first-order valence-electron chi connectivity index (χ1n) is 5.83. The number of carbonyl (C=O) groups excluding carboxylic acids is 2. The molecule has 0 fully saturated rings. The van der Waals surface area contributed by atoms with E-state index in [0.717, 1.165) is 0 Å². The van der Waals surface area contributed by atoms with E-state index in [9.17, 15) is 14.0 Å². The maximum atomic E-state index is 13.3. The Hall–Kier alpha value is -2.63. The molecule has 0 bridgehead atoms. The van der Waals surface area contributed by atoms with Gasteiger partial charge in [-0.2, -0.15) is 0 Å². The predicted molar refractivity (Wildman–Crippen MR) is 68.8 cm³/mol. The zero-order valence-electron chi connectivity index (χ0n) is 10.7. The van der Waals surface area contributed by atoms with Gasteiger partial charge in [-0.3, -0.25) is 4.79 Å². The Kier molecular flexibility index (Phi) is 4.14. The van der Waals surface area contributed by atoms with Gasteiger partial charge in [-0.1, -0.05) is 12.1 Å². The van der Waals surface area contributed by atoms with Crippen molar-refractivity contribution in [3.63, 3.8) is 0 Å². The van der Waals surface area contributed by atoms with Crippen molar-refractivity contribution in [2.24, 2.45) is 0 Å². The molecule has 1 amide bonds. The van der Waals surface area contributed by atoms with Crippen molar-refractivity contribution in [2.75, 3.05) is 11.9 Å². The molecular formula is C14H12FNO4. The molecular weight excluding hydrogens is 265 g/mol. The topological polar surface area (TPSA) is 68.5 Å². The smallest absolute Gasteiger partial charge is 0.342 e. The van der Waals surface area contributed by atoms with Gasteiger partial charge in [-0.05, 0) is 25.1 Å². The van der Waals surface area contributed by atoms with E-state index >= 15 is 0 Å². The predicted octanol–water partition coefficient (Wildman–Crippen LogP) is 2.52. The van der Waals surface area contributed by atoms with Crippen molar-refractivity contribution in [3.05, 3.63) is 53.7 Å². The van der Waals surface area contributed by atoms with Crippen LogP contribution in [0.3, 0.4) is 0 Å². The van der Waals surface area contributed by atoms with Crippen molar-refractivity contribution in [1.82, 2.24) is 0 Å². The highest BCUT2D eigenvalue weighted by Gasteiger charge is 2.15. The van der Waals surface area contributed by atoms with E-state index in [-0.39, 0.29) is 11.3 Å². The molecule has 20 heavy (non-hydrogen) atoms. The second kappa shape index (κ2) is 6.01. The summed E-state index contributed by atoms with van der Waals surface area (Å²) in [6.45, 7) is 1.10. The lowest BCUT2D eigenvalue weighted by Crippen LogP contribution is -2.21. The summed E-state index contributed by atoms with van der Waals surface area (Å²) in [5.74, 6) is -1.44. The van der Waals surface area contributed by atoms with Crippen LogP contribution in [0.2, 0.25) is 0 Å². The number of benzene rings is 1. The molecule has 0 aliphatic heterocycles. The van der Waals surface area contributed by atoms with Crippen LogP contribution < -0.4 is 5.32 Å². The highest BCUT2D eigenvalue weighted by molar-refractivity contribution is 5.95. The van der Waals surface area contributed by atoms with Gasteiger partial charge in [-0.25, -0.2) is 9.18 Å². The van der Waals surface area contributed by atoms with Crippen LogP contribution in [0.1, 0.15) is 16.1 Å². The second-order valence-electron chi connectivity index (χ2n) is 3.99. The van der Waals surface area contributed by atoms with Gasteiger partial charge in [0.1, 0.15) is 17.1 Å². The fourth-order valence-electron chi connectivity index (χ4n) is 1.55. The number of rotatable bonds is 4. The zero-order chi connectivity index (χ0) is 14.5. The monoisotopic (exact) mass is 277 g/mol. The summed E-state index contributed by atoms with van der Waals surface area (Å²) < 4.78 is 23.1. The Bertz CT molecular complexity index is 636. The van der Waals surface area contributed by atoms with Gasteiger partial charge in [0, 0.05) is 0 Å². The normalized spacial score (nSPS) is 10.1. The van der Waals surface area contributed by atoms with Crippen molar-refractivity contribution in [2.45, 2.75) is 6.92 Å². The fourth-order valence-corrected chi connectivity index (χ4v) is 1.55. The van der Waals surface area contributed by atoms with Crippen LogP contribution in [0.25, 0.3) is 0 Å². The number of carbonyl (C=O) groups is 2. The van der Waals surface area contributed by atoms with E-state index in [1.807, 2.05) is 0 Å². The molecule has 1 heterocycles. The second-order valence-corrected chi connectivity index (χ2v) is 3.99. The average molecular weight is 277 g/mol. The summed E-state index contributed by atoms with van der Waals surface area (Å²) in [6, 6.07) is 7.17. The van der Waals surface area contributed by atoms with Crippen molar-refractivity contribution < 1.29 is 23.1 Å². The maximum Gasteiger partial charge on any atom is 0.342 e. The number of anilines is 1. The van der Waals surface area contributed by atoms with Crippen molar-refractivity contribution in [1.29, 1.82) is 0 Å². The molecule has 0 aliphatic carbocycles. The van der Waals surface area contributed by atoms with Gasteiger partial charge in [0.05, 0.1) is 12.0 Å². The molecule has 0 spiro atoms. The molecule has 0 radical (unpaired) electrons. The van der Waals surface area contributed by atoms with E-state index in [1.165, 1.54) is 30.5 Å². The van der Waals surface area contributed by atoms with Crippen LogP contribution in [-0.2, 0) is 9.53 Å². The molecule has 0 saturated carbocycles. The quantitative estimate of drug-likeness (QED) is 0.872. The molecule has 0 unspecified atom stereocenters. The highest BCUT2D eigenvalue weighted by atomic mass is 19.1. The molecule has 1 aromatic heterocycles.